The fourth-order valence-corrected chi connectivity index (χ4v) is 1.45. The minimum atomic E-state index is 0.586. The van der Waals surface area contributed by atoms with Crippen molar-refractivity contribution >= 4 is 16.5 Å². The summed E-state index contributed by atoms with van der Waals surface area (Å²) in [6, 6.07) is 1.86. The lowest BCUT2D eigenvalue weighted by Crippen LogP contribution is -2.09. The first kappa shape index (κ1) is 8.14. The van der Waals surface area contributed by atoms with Crippen LogP contribution in [0.2, 0.25) is 0 Å². The van der Waals surface area contributed by atoms with Crippen molar-refractivity contribution in [1.82, 2.24) is 19.4 Å². The molecule has 0 amide bonds. The summed E-state index contributed by atoms with van der Waals surface area (Å²) >= 11 is 1.23. The SMILES string of the molecule is NNc1snnc1Cn1cccn1. The number of rotatable bonds is 3. The van der Waals surface area contributed by atoms with Crippen molar-refractivity contribution < 1.29 is 0 Å². The minimum Gasteiger partial charge on any atom is -0.313 e. The summed E-state index contributed by atoms with van der Waals surface area (Å²) in [5.41, 5.74) is 3.34. The number of nitrogen functional groups attached to an aromatic ring is 1. The van der Waals surface area contributed by atoms with Crippen LogP contribution in [0.1, 0.15) is 5.69 Å². The van der Waals surface area contributed by atoms with Gasteiger partial charge in [-0.2, -0.15) is 5.10 Å². The number of anilines is 1. The van der Waals surface area contributed by atoms with E-state index in [1.54, 1.807) is 10.9 Å². The Balaban J connectivity index is 2.18. The highest BCUT2D eigenvalue weighted by Gasteiger charge is 2.06. The summed E-state index contributed by atoms with van der Waals surface area (Å²) in [7, 11) is 0. The molecule has 2 heterocycles. The van der Waals surface area contributed by atoms with Gasteiger partial charge in [-0.1, -0.05) is 4.49 Å². The first-order chi connectivity index (χ1) is 6.40. The van der Waals surface area contributed by atoms with Gasteiger partial charge in [0.05, 0.1) is 6.54 Å². The quantitative estimate of drug-likeness (QED) is 0.536. The largest absolute Gasteiger partial charge is 0.313 e. The molecule has 0 bridgehead atoms. The number of hydrogen-bond acceptors (Lipinski definition) is 6. The Bertz CT molecular complexity index is 366. The summed E-state index contributed by atoms with van der Waals surface area (Å²) in [4.78, 5) is 0. The zero-order chi connectivity index (χ0) is 9.10. The summed E-state index contributed by atoms with van der Waals surface area (Å²) < 4.78 is 5.54. The van der Waals surface area contributed by atoms with Crippen molar-refractivity contribution in [2.45, 2.75) is 6.54 Å². The minimum absolute atomic E-state index is 0.586. The predicted octanol–water partition coefficient (Wildman–Crippen LogP) is 0.0685. The second-order valence-corrected chi connectivity index (χ2v) is 3.15. The Morgan fingerprint density at radius 3 is 3.23 bits per heavy atom. The maximum Gasteiger partial charge on any atom is 0.149 e. The Kier molecular flexibility index (Phi) is 2.19. The van der Waals surface area contributed by atoms with Crippen LogP contribution >= 0.6 is 11.5 Å². The summed E-state index contributed by atoms with van der Waals surface area (Å²) in [5.74, 6) is 5.27. The lowest BCUT2D eigenvalue weighted by molar-refractivity contribution is 0.671. The monoisotopic (exact) mass is 196 g/mol. The predicted molar refractivity (Wildman–Crippen MR) is 49.0 cm³/mol. The van der Waals surface area contributed by atoms with Gasteiger partial charge in [-0.15, -0.1) is 5.10 Å². The van der Waals surface area contributed by atoms with E-state index in [0.717, 1.165) is 10.7 Å². The molecule has 0 aliphatic rings. The van der Waals surface area contributed by atoms with Crippen molar-refractivity contribution in [2.75, 3.05) is 5.43 Å². The molecule has 0 aromatic carbocycles. The molecule has 13 heavy (non-hydrogen) atoms. The molecule has 2 aromatic rings. The van der Waals surface area contributed by atoms with Crippen molar-refractivity contribution in [1.29, 1.82) is 0 Å². The Morgan fingerprint density at radius 2 is 2.54 bits per heavy atom. The lowest BCUT2D eigenvalue weighted by atomic mass is 10.4. The first-order valence-electron chi connectivity index (χ1n) is 3.65. The molecule has 7 heteroatoms. The maximum atomic E-state index is 5.27. The number of nitrogens with two attached hydrogens (primary N) is 1. The van der Waals surface area contributed by atoms with E-state index in [0.29, 0.717) is 6.54 Å². The van der Waals surface area contributed by atoms with Crippen LogP contribution in [0.3, 0.4) is 0 Å². The summed E-state index contributed by atoms with van der Waals surface area (Å²) in [5, 5.41) is 8.75. The summed E-state index contributed by atoms with van der Waals surface area (Å²) in [6.45, 7) is 0.586. The zero-order valence-electron chi connectivity index (χ0n) is 6.71. The van der Waals surface area contributed by atoms with E-state index >= 15 is 0 Å². The van der Waals surface area contributed by atoms with Gasteiger partial charge in [-0.3, -0.25) is 4.68 Å². The van der Waals surface area contributed by atoms with Gasteiger partial charge in [0.2, 0.25) is 0 Å². The molecule has 0 spiro atoms. The molecule has 0 fully saturated rings. The molecule has 2 rings (SSSR count). The fraction of sp³-hybridized carbons (Fsp3) is 0.167. The molecule has 0 unspecified atom stereocenters. The Labute approximate surface area is 78.5 Å². The van der Waals surface area contributed by atoms with E-state index in [9.17, 15) is 0 Å². The van der Waals surface area contributed by atoms with Gasteiger partial charge in [-0.25, -0.2) is 5.84 Å². The molecule has 68 valence electrons. The maximum absolute atomic E-state index is 5.27. The second kappa shape index (κ2) is 3.50. The van der Waals surface area contributed by atoms with E-state index in [4.69, 9.17) is 5.84 Å². The third-order valence-electron chi connectivity index (χ3n) is 1.56. The Hall–Kier alpha value is -1.47. The topological polar surface area (TPSA) is 81.6 Å². The third kappa shape index (κ3) is 1.65. The molecular weight excluding hydrogens is 188 g/mol. The van der Waals surface area contributed by atoms with Gasteiger partial charge in [0.15, 0.2) is 0 Å². The normalized spacial score (nSPS) is 10.2. The van der Waals surface area contributed by atoms with E-state index < -0.39 is 0 Å². The molecule has 0 saturated heterocycles. The molecule has 2 aromatic heterocycles. The van der Waals surface area contributed by atoms with Gasteiger partial charge < -0.3 is 5.43 Å². The standard InChI is InChI=1S/C6H8N6S/c7-9-6-5(10-11-13-6)4-12-3-1-2-8-12/h1-3,9H,4,7H2. The van der Waals surface area contributed by atoms with E-state index in [1.807, 2.05) is 12.3 Å². The van der Waals surface area contributed by atoms with Crippen LogP contribution in [0, 0.1) is 0 Å². The van der Waals surface area contributed by atoms with Crippen LogP contribution in [-0.2, 0) is 6.54 Å². The van der Waals surface area contributed by atoms with E-state index in [2.05, 4.69) is 20.1 Å². The average Bonchev–Trinajstić information content (AvgIpc) is 2.76. The number of nitrogens with zero attached hydrogens (tertiary/aromatic N) is 4. The van der Waals surface area contributed by atoms with Crippen molar-refractivity contribution in [3.05, 3.63) is 24.2 Å². The smallest absolute Gasteiger partial charge is 0.149 e. The van der Waals surface area contributed by atoms with Gasteiger partial charge in [0.1, 0.15) is 10.7 Å². The van der Waals surface area contributed by atoms with Gasteiger partial charge >= 0.3 is 0 Å². The van der Waals surface area contributed by atoms with Crippen molar-refractivity contribution in [3.63, 3.8) is 0 Å². The van der Waals surface area contributed by atoms with Crippen LogP contribution in [0.4, 0.5) is 5.00 Å². The van der Waals surface area contributed by atoms with Gasteiger partial charge in [0.25, 0.3) is 0 Å². The van der Waals surface area contributed by atoms with E-state index in [-0.39, 0.29) is 0 Å². The number of hydrogen-bond donors (Lipinski definition) is 2. The molecule has 6 nitrogen and oxygen atoms in total. The first-order valence-corrected chi connectivity index (χ1v) is 4.43. The van der Waals surface area contributed by atoms with Crippen molar-refractivity contribution in [3.8, 4) is 0 Å². The van der Waals surface area contributed by atoms with Crippen LogP contribution in [0.5, 0.6) is 0 Å². The average molecular weight is 196 g/mol. The van der Waals surface area contributed by atoms with E-state index in [1.165, 1.54) is 11.5 Å². The molecule has 0 aliphatic carbocycles. The lowest BCUT2D eigenvalue weighted by Gasteiger charge is -1.99. The highest BCUT2D eigenvalue weighted by atomic mass is 32.1. The molecule has 0 saturated carbocycles. The molecule has 3 N–H and O–H groups in total. The van der Waals surface area contributed by atoms with Crippen molar-refractivity contribution in [2.24, 2.45) is 5.84 Å². The van der Waals surface area contributed by atoms with Gasteiger partial charge in [-0.05, 0) is 6.07 Å². The van der Waals surface area contributed by atoms with Gasteiger partial charge in [0, 0.05) is 23.9 Å². The number of hydrazine groups is 1. The number of aromatic nitrogens is 4. The third-order valence-corrected chi connectivity index (χ3v) is 2.26. The fourth-order valence-electron chi connectivity index (χ4n) is 0.969. The van der Waals surface area contributed by atoms with Crippen LogP contribution in [0.15, 0.2) is 18.5 Å². The second-order valence-electron chi connectivity index (χ2n) is 2.40. The van der Waals surface area contributed by atoms with Crippen LogP contribution in [0.25, 0.3) is 0 Å². The highest BCUT2D eigenvalue weighted by molar-refractivity contribution is 7.10. The van der Waals surface area contributed by atoms with Crippen LogP contribution in [-0.4, -0.2) is 19.4 Å². The summed E-state index contributed by atoms with van der Waals surface area (Å²) in [6.07, 6.45) is 3.58. The molecule has 0 radical (unpaired) electrons. The van der Waals surface area contributed by atoms with Crippen LogP contribution < -0.4 is 11.3 Å². The number of nitrogens with one attached hydrogen (secondary N) is 1. The molecular formula is C6H8N6S. The zero-order valence-corrected chi connectivity index (χ0v) is 7.53. The molecule has 0 aliphatic heterocycles. The highest BCUT2D eigenvalue weighted by Crippen LogP contribution is 2.16. The Morgan fingerprint density at radius 1 is 1.62 bits per heavy atom. The molecule has 0 atom stereocenters.